The fourth-order valence-corrected chi connectivity index (χ4v) is 5.36. The molecule has 0 aromatic heterocycles. The predicted molar refractivity (Wildman–Crippen MR) is 139 cm³/mol. The second-order valence-corrected chi connectivity index (χ2v) is 10.7. The van der Waals surface area contributed by atoms with Crippen LogP contribution in [0.25, 0.3) is 0 Å². The third-order valence-corrected chi connectivity index (χ3v) is 7.92. The Balaban J connectivity index is 1.48. The maximum Gasteiger partial charge on any atom is 0.262 e. The number of amides is 2. The van der Waals surface area contributed by atoms with Crippen molar-refractivity contribution in [3.05, 3.63) is 84.2 Å². The molecule has 0 spiro atoms. The van der Waals surface area contributed by atoms with Gasteiger partial charge in [0.15, 0.2) is 6.10 Å². The number of fused-ring (bicyclic) bond motifs is 1. The van der Waals surface area contributed by atoms with Crippen molar-refractivity contribution in [2.24, 2.45) is 0 Å². The van der Waals surface area contributed by atoms with Gasteiger partial charge in [0.2, 0.25) is 15.9 Å². The van der Waals surface area contributed by atoms with Gasteiger partial charge in [0.25, 0.3) is 5.91 Å². The summed E-state index contributed by atoms with van der Waals surface area (Å²) in [5.74, 6) is -1.45. The monoisotopic (exact) mass is 541 g/mol. The molecular weight excluding hydrogens is 513 g/mol. The van der Waals surface area contributed by atoms with Crippen molar-refractivity contribution in [2.75, 3.05) is 38.7 Å². The fourth-order valence-electron chi connectivity index (χ4n) is 4.08. The molecule has 38 heavy (non-hydrogen) atoms. The zero-order valence-electron chi connectivity index (χ0n) is 21.0. The van der Waals surface area contributed by atoms with E-state index in [9.17, 15) is 22.4 Å². The van der Waals surface area contributed by atoms with Crippen LogP contribution >= 0.6 is 0 Å². The molecule has 1 N–H and O–H groups in total. The third-order valence-electron chi connectivity index (χ3n) is 6.09. The summed E-state index contributed by atoms with van der Waals surface area (Å²) in [6.45, 7) is -0.280. The quantitative estimate of drug-likeness (QED) is 0.447. The van der Waals surface area contributed by atoms with Gasteiger partial charge < -0.3 is 19.7 Å². The van der Waals surface area contributed by atoms with E-state index in [0.717, 1.165) is 22.0 Å². The van der Waals surface area contributed by atoms with Crippen LogP contribution in [-0.2, 0) is 26.0 Å². The zero-order valence-corrected chi connectivity index (χ0v) is 21.8. The van der Waals surface area contributed by atoms with Crippen LogP contribution in [0.3, 0.4) is 0 Å². The van der Waals surface area contributed by atoms with Gasteiger partial charge in [-0.15, -0.1) is 0 Å². The lowest BCUT2D eigenvalue weighted by Gasteiger charge is -2.35. The maximum absolute atomic E-state index is 13.8. The molecule has 0 radical (unpaired) electrons. The van der Waals surface area contributed by atoms with Crippen molar-refractivity contribution in [3.63, 3.8) is 0 Å². The Kier molecular flexibility index (Phi) is 8.28. The molecule has 1 heterocycles. The van der Waals surface area contributed by atoms with Crippen LogP contribution in [0.2, 0.25) is 0 Å². The number of nitrogens with zero attached hydrogens (tertiary/aromatic N) is 2. The number of carbonyl (C=O) groups is 2. The summed E-state index contributed by atoms with van der Waals surface area (Å²) in [6, 6.07) is 19.5. The molecular formula is C27H28FN3O6S. The number of carbonyl (C=O) groups excluding carboxylic acids is 2. The van der Waals surface area contributed by atoms with Crippen LogP contribution in [-0.4, -0.2) is 64.4 Å². The second-order valence-electron chi connectivity index (χ2n) is 8.66. The van der Waals surface area contributed by atoms with Crippen molar-refractivity contribution in [1.82, 2.24) is 9.62 Å². The molecule has 0 saturated heterocycles. The molecule has 3 aromatic carbocycles. The number of hydrogen-bond donors (Lipinski definition) is 1. The Hall–Kier alpha value is -3.96. The largest absolute Gasteiger partial charge is 0.495 e. The Morgan fingerprint density at radius 3 is 2.55 bits per heavy atom. The summed E-state index contributed by atoms with van der Waals surface area (Å²) >= 11 is 0. The number of halogens is 1. The highest BCUT2D eigenvalue weighted by molar-refractivity contribution is 7.89. The second kappa shape index (κ2) is 11.6. The molecule has 3 aromatic rings. The first kappa shape index (κ1) is 27.1. The molecule has 0 fully saturated rings. The lowest BCUT2D eigenvalue weighted by atomic mass is 10.1. The summed E-state index contributed by atoms with van der Waals surface area (Å²) in [7, 11) is -1.78. The van der Waals surface area contributed by atoms with Crippen LogP contribution in [0.4, 0.5) is 10.1 Å². The molecule has 1 aliphatic rings. The van der Waals surface area contributed by atoms with Crippen LogP contribution < -0.4 is 19.7 Å². The van der Waals surface area contributed by atoms with Crippen LogP contribution in [0.1, 0.15) is 5.56 Å². The molecule has 2 amide bonds. The molecule has 200 valence electrons. The Labute approximate surface area is 220 Å². The Morgan fingerprint density at radius 1 is 1.11 bits per heavy atom. The SMILES string of the molecule is COc1ccc(F)cc1S(=O)(=O)N(C)CC(=O)N1C[C@H](C(=O)NCCc2ccccc2)Oc2ccccc21. The van der Waals surface area contributed by atoms with E-state index in [-0.39, 0.29) is 12.3 Å². The highest BCUT2D eigenvalue weighted by Crippen LogP contribution is 2.34. The number of rotatable bonds is 9. The molecule has 9 nitrogen and oxygen atoms in total. The number of para-hydroxylation sites is 2. The summed E-state index contributed by atoms with van der Waals surface area (Å²) in [4.78, 5) is 27.2. The number of hydrogen-bond acceptors (Lipinski definition) is 6. The van der Waals surface area contributed by atoms with E-state index in [1.165, 1.54) is 25.1 Å². The number of benzene rings is 3. The van der Waals surface area contributed by atoms with Gasteiger partial charge in [-0.3, -0.25) is 9.59 Å². The number of methoxy groups -OCH3 is 1. The van der Waals surface area contributed by atoms with Crippen molar-refractivity contribution in [2.45, 2.75) is 17.4 Å². The van der Waals surface area contributed by atoms with Crippen molar-refractivity contribution < 1.29 is 31.9 Å². The van der Waals surface area contributed by atoms with E-state index in [0.29, 0.717) is 24.4 Å². The van der Waals surface area contributed by atoms with E-state index >= 15 is 0 Å². The van der Waals surface area contributed by atoms with E-state index in [1.807, 2.05) is 30.3 Å². The first-order valence-corrected chi connectivity index (χ1v) is 13.3. The Bertz CT molecular complexity index is 1420. The molecule has 0 bridgehead atoms. The molecule has 4 rings (SSSR count). The number of nitrogens with one attached hydrogen (secondary N) is 1. The molecule has 0 unspecified atom stereocenters. The number of sulfonamides is 1. The number of anilines is 1. The van der Waals surface area contributed by atoms with Gasteiger partial charge in [0.1, 0.15) is 22.2 Å². The van der Waals surface area contributed by atoms with E-state index < -0.39 is 45.2 Å². The third kappa shape index (κ3) is 5.95. The van der Waals surface area contributed by atoms with E-state index in [4.69, 9.17) is 9.47 Å². The highest BCUT2D eigenvalue weighted by Gasteiger charge is 2.35. The topological polar surface area (TPSA) is 105 Å². The maximum atomic E-state index is 13.8. The molecule has 0 aliphatic carbocycles. The first-order chi connectivity index (χ1) is 18.2. The van der Waals surface area contributed by atoms with Crippen molar-refractivity contribution >= 4 is 27.5 Å². The smallest absolute Gasteiger partial charge is 0.262 e. The van der Waals surface area contributed by atoms with Gasteiger partial charge in [-0.05, 0) is 42.3 Å². The highest BCUT2D eigenvalue weighted by atomic mass is 32.2. The molecule has 1 aliphatic heterocycles. The van der Waals surface area contributed by atoms with E-state index in [2.05, 4.69) is 5.32 Å². The summed E-state index contributed by atoms with van der Waals surface area (Å²) in [5, 5.41) is 2.84. The molecule has 11 heteroatoms. The van der Waals surface area contributed by atoms with Crippen molar-refractivity contribution in [3.8, 4) is 11.5 Å². The zero-order chi connectivity index (χ0) is 27.3. The van der Waals surface area contributed by atoms with Gasteiger partial charge >= 0.3 is 0 Å². The predicted octanol–water partition coefficient (Wildman–Crippen LogP) is 2.61. The van der Waals surface area contributed by atoms with Gasteiger partial charge in [0.05, 0.1) is 25.9 Å². The van der Waals surface area contributed by atoms with Gasteiger partial charge in [0, 0.05) is 13.6 Å². The van der Waals surface area contributed by atoms with Crippen LogP contribution in [0.15, 0.2) is 77.7 Å². The summed E-state index contributed by atoms with van der Waals surface area (Å²) in [5.41, 5.74) is 1.48. The summed E-state index contributed by atoms with van der Waals surface area (Å²) < 4.78 is 51.9. The number of ether oxygens (including phenoxy) is 2. The molecule has 1 atom stereocenters. The standard InChI is InChI=1S/C27H28FN3O6S/c1-30(38(34,35)25-16-20(28)12-13-23(25)36-2)18-26(32)31-17-24(37-22-11-7-6-10-21(22)31)27(33)29-15-14-19-8-4-3-5-9-19/h3-13,16,24H,14-15,17-18H2,1-2H3,(H,29,33)/t24-/m1/s1. The Morgan fingerprint density at radius 2 is 1.82 bits per heavy atom. The minimum Gasteiger partial charge on any atom is -0.495 e. The summed E-state index contributed by atoms with van der Waals surface area (Å²) in [6.07, 6.45) is -0.361. The van der Waals surface area contributed by atoms with Gasteiger partial charge in [-0.2, -0.15) is 4.31 Å². The molecule has 0 saturated carbocycles. The normalized spacial score (nSPS) is 14.9. The lowest BCUT2D eigenvalue weighted by Crippen LogP contribution is -2.52. The minimum absolute atomic E-state index is 0.0466. The van der Waals surface area contributed by atoms with E-state index in [1.54, 1.807) is 24.3 Å². The van der Waals surface area contributed by atoms with Gasteiger partial charge in [-0.1, -0.05) is 42.5 Å². The first-order valence-electron chi connectivity index (χ1n) is 11.9. The average Bonchev–Trinajstić information content (AvgIpc) is 2.92. The van der Waals surface area contributed by atoms with Crippen LogP contribution in [0.5, 0.6) is 11.5 Å². The van der Waals surface area contributed by atoms with Crippen molar-refractivity contribution in [1.29, 1.82) is 0 Å². The average molecular weight is 542 g/mol. The minimum atomic E-state index is -4.27. The number of likely N-dealkylation sites (N-methyl/N-ethyl adjacent to an activating group) is 1. The lowest BCUT2D eigenvalue weighted by molar-refractivity contribution is -0.128. The fraction of sp³-hybridized carbons (Fsp3) is 0.259. The van der Waals surface area contributed by atoms with Gasteiger partial charge in [-0.25, -0.2) is 12.8 Å². The van der Waals surface area contributed by atoms with Crippen LogP contribution in [0, 0.1) is 5.82 Å².